The van der Waals surface area contributed by atoms with E-state index in [0.717, 1.165) is 11.2 Å². The van der Waals surface area contributed by atoms with Gasteiger partial charge < -0.3 is 9.47 Å². The van der Waals surface area contributed by atoms with Crippen molar-refractivity contribution in [1.29, 1.82) is 0 Å². The molecule has 3 aromatic rings. The van der Waals surface area contributed by atoms with Gasteiger partial charge in [0.05, 0.1) is 36.0 Å². The summed E-state index contributed by atoms with van der Waals surface area (Å²) in [7, 11) is -0.426. The second-order valence-corrected chi connectivity index (χ2v) is 13.6. The molecule has 0 aliphatic rings. The number of hydrogen-bond donors (Lipinski definition) is 0. The maximum Gasteiger partial charge on any atom is 0.477 e. The molecule has 3 heterocycles. The van der Waals surface area contributed by atoms with E-state index in [9.17, 15) is 22.5 Å². The first-order valence-electron chi connectivity index (χ1n) is 12.7. The molecular formula is C25H34F3N6O7PS. The summed E-state index contributed by atoms with van der Waals surface area (Å²) in [4.78, 5) is 26.1. The van der Waals surface area contributed by atoms with Gasteiger partial charge in [0.25, 0.3) is 5.91 Å². The molecule has 3 rings (SSSR count). The number of rotatable bonds is 10. The Morgan fingerprint density at radius 3 is 1.98 bits per heavy atom. The summed E-state index contributed by atoms with van der Waals surface area (Å²) >= 11 is 0.549. The molecule has 238 valence electrons. The van der Waals surface area contributed by atoms with Crippen molar-refractivity contribution in [3.8, 4) is 22.2 Å². The zero-order chi connectivity index (χ0) is 32.5. The molecule has 0 radical (unpaired) electrons. The van der Waals surface area contributed by atoms with Crippen LogP contribution in [0.1, 0.15) is 63.3 Å². The number of aryl methyl sites for hydroxylation is 2. The molecule has 1 amide bonds. The van der Waals surface area contributed by atoms with E-state index in [1.807, 2.05) is 0 Å². The maximum absolute atomic E-state index is 14.3. The molecule has 3 aromatic heterocycles. The highest BCUT2D eigenvalue weighted by Crippen LogP contribution is 2.56. The highest BCUT2D eigenvalue weighted by molar-refractivity contribution is 7.48. The second kappa shape index (κ2) is 12.5. The molecule has 0 saturated heterocycles. The van der Waals surface area contributed by atoms with E-state index in [4.69, 9.17) is 23.0 Å². The minimum atomic E-state index is -4.91. The Bertz CT molecular complexity index is 1470. The fourth-order valence-corrected chi connectivity index (χ4v) is 6.55. The van der Waals surface area contributed by atoms with Gasteiger partial charge >= 0.3 is 14.0 Å². The Labute approximate surface area is 250 Å². The van der Waals surface area contributed by atoms with Crippen LogP contribution in [0.15, 0.2) is 12.5 Å². The van der Waals surface area contributed by atoms with Crippen molar-refractivity contribution >= 4 is 30.2 Å². The highest BCUT2D eigenvalue weighted by atomic mass is 32.1. The SMILES string of the molecule is COc1ncnc(OC)c1C(=O)N(COP(=O)(OC(C)(C)C)OC(C)(C)C)c1nc(C(F)(F)F)c(-c2cn(C)nc2C)s1. The van der Waals surface area contributed by atoms with E-state index < -0.39 is 48.7 Å². The van der Waals surface area contributed by atoms with E-state index in [0.29, 0.717) is 17.0 Å². The summed E-state index contributed by atoms with van der Waals surface area (Å²) in [5, 5.41) is 3.68. The fourth-order valence-electron chi connectivity index (χ4n) is 3.67. The predicted octanol–water partition coefficient (Wildman–Crippen LogP) is 6.04. The van der Waals surface area contributed by atoms with Gasteiger partial charge in [-0.2, -0.15) is 18.3 Å². The molecule has 18 heteroatoms. The lowest BCUT2D eigenvalue weighted by Gasteiger charge is -2.32. The van der Waals surface area contributed by atoms with Crippen LogP contribution >= 0.6 is 19.2 Å². The summed E-state index contributed by atoms with van der Waals surface area (Å²) in [6, 6.07) is 0. The number of methoxy groups -OCH3 is 2. The van der Waals surface area contributed by atoms with E-state index in [2.05, 4.69) is 20.1 Å². The molecule has 0 saturated carbocycles. The summed E-state index contributed by atoms with van der Waals surface area (Å²) in [6.45, 7) is 10.3. The van der Waals surface area contributed by atoms with Crippen molar-refractivity contribution in [2.45, 2.75) is 65.8 Å². The molecular weight excluding hydrogens is 616 g/mol. The number of carbonyl (C=O) groups is 1. The number of ether oxygens (including phenoxy) is 2. The first kappa shape index (κ1) is 34.4. The molecule has 0 N–H and O–H groups in total. The van der Waals surface area contributed by atoms with Crippen LogP contribution < -0.4 is 14.4 Å². The van der Waals surface area contributed by atoms with Crippen molar-refractivity contribution in [2.24, 2.45) is 7.05 Å². The lowest BCUT2D eigenvalue weighted by Crippen LogP contribution is -2.35. The average Bonchev–Trinajstić information content (AvgIpc) is 3.43. The van der Waals surface area contributed by atoms with Crippen LogP contribution in [0.2, 0.25) is 0 Å². The standard InChI is InChI=1S/C25H34F3N6O7PS/c1-14-15(11-33(8)32-14)17-18(25(26,27)28)31-22(43-17)34(21(35)16-19(37-9)29-12-30-20(16)38-10)13-39-42(36,40-23(2,3)4)41-24(5,6)7/h11-12H,13H2,1-10H3. The highest BCUT2D eigenvalue weighted by Gasteiger charge is 2.42. The Balaban J connectivity index is 2.23. The van der Waals surface area contributed by atoms with Crippen LogP contribution in [0.25, 0.3) is 10.4 Å². The van der Waals surface area contributed by atoms with E-state index in [1.54, 1.807) is 55.5 Å². The number of thiazole rings is 1. The molecule has 0 aliphatic carbocycles. The van der Waals surface area contributed by atoms with Gasteiger partial charge in [0, 0.05) is 18.8 Å². The lowest BCUT2D eigenvalue weighted by molar-refractivity contribution is -0.140. The number of alkyl halides is 3. The van der Waals surface area contributed by atoms with Gasteiger partial charge in [-0.3, -0.25) is 27.9 Å². The van der Waals surface area contributed by atoms with Gasteiger partial charge in [0.2, 0.25) is 11.8 Å². The number of amides is 1. The van der Waals surface area contributed by atoms with Gasteiger partial charge in [-0.15, -0.1) is 0 Å². The monoisotopic (exact) mass is 650 g/mol. The van der Waals surface area contributed by atoms with Crippen molar-refractivity contribution in [2.75, 3.05) is 25.9 Å². The second-order valence-electron chi connectivity index (χ2n) is 11.1. The number of nitrogens with zero attached hydrogens (tertiary/aromatic N) is 6. The van der Waals surface area contributed by atoms with Crippen LogP contribution in [0, 0.1) is 6.92 Å². The third-order valence-electron chi connectivity index (χ3n) is 5.11. The third-order valence-corrected chi connectivity index (χ3v) is 8.20. The average molecular weight is 651 g/mol. The number of phosphoric acid groups is 1. The minimum Gasteiger partial charge on any atom is -0.480 e. The normalized spacial score (nSPS) is 12.9. The van der Waals surface area contributed by atoms with Crippen LogP contribution in [0.5, 0.6) is 11.8 Å². The molecule has 0 unspecified atom stereocenters. The number of carbonyl (C=O) groups excluding carboxylic acids is 1. The largest absolute Gasteiger partial charge is 0.480 e. The summed E-state index contributed by atoms with van der Waals surface area (Å²) < 4.78 is 85.3. The van der Waals surface area contributed by atoms with Gasteiger partial charge in [0.15, 0.2) is 16.4 Å². The molecule has 0 aliphatic heterocycles. The van der Waals surface area contributed by atoms with Crippen molar-refractivity contribution in [3.05, 3.63) is 29.5 Å². The van der Waals surface area contributed by atoms with Crippen molar-refractivity contribution < 1.29 is 45.6 Å². The molecule has 13 nitrogen and oxygen atoms in total. The minimum absolute atomic E-state index is 0.155. The molecule has 0 fully saturated rings. The molecule has 0 spiro atoms. The van der Waals surface area contributed by atoms with Gasteiger partial charge in [-0.25, -0.2) is 19.5 Å². The van der Waals surface area contributed by atoms with E-state index in [1.165, 1.54) is 25.1 Å². The smallest absolute Gasteiger partial charge is 0.477 e. The topological polar surface area (TPSA) is 140 Å². The zero-order valence-corrected chi connectivity index (χ0v) is 27.1. The number of hydrogen-bond acceptors (Lipinski definition) is 12. The lowest BCUT2D eigenvalue weighted by atomic mass is 10.2. The number of aromatic nitrogens is 5. The fraction of sp³-hybridized carbons (Fsp3) is 0.560. The molecule has 0 aromatic carbocycles. The van der Waals surface area contributed by atoms with Crippen LogP contribution in [-0.2, 0) is 31.4 Å². The Hall–Kier alpha value is -3.11. The first-order valence-corrected chi connectivity index (χ1v) is 15.0. The molecule has 0 atom stereocenters. The quantitative estimate of drug-likeness (QED) is 0.187. The number of phosphoric ester groups is 1. The van der Waals surface area contributed by atoms with Crippen molar-refractivity contribution in [1.82, 2.24) is 24.7 Å². The van der Waals surface area contributed by atoms with Crippen LogP contribution in [0.4, 0.5) is 18.3 Å². The number of halogens is 3. The van der Waals surface area contributed by atoms with Gasteiger partial charge in [0.1, 0.15) is 13.1 Å². The number of anilines is 1. The molecule has 43 heavy (non-hydrogen) atoms. The zero-order valence-electron chi connectivity index (χ0n) is 25.4. The van der Waals surface area contributed by atoms with Crippen molar-refractivity contribution in [3.63, 3.8) is 0 Å². The summed E-state index contributed by atoms with van der Waals surface area (Å²) in [5.74, 6) is -1.50. The first-order chi connectivity index (χ1) is 19.7. The summed E-state index contributed by atoms with van der Waals surface area (Å²) in [6.07, 6.45) is -2.43. The van der Waals surface area contributed by atoms with Crippen LogP contribution in [0.3, 0.4) is 0 Å². The maximum atomic E-state index is 14.3. The predicted molar refractivity (Wildman–Crippen MR) is 151 cm³/mol. The Morgan fingerprint density at radius 2 is 1.56 bits per heavy atom. The van der Waals surface area contributed by atoms with Gasteiger partial charge in [-0.05, 0) is 48.5 Å². The third kappa shape index (κ3) is 8.50. The van der Waals surface area contributed by atoms with E-state index >= 15 is 0 Å². The van der Waals surface area contributed by atoms with Gasteiger partial charge in [-0.1, -0.05) is 11.3 Å². The molecule has 0 bridgehead atoms. The Kier molecular flexibility index (Phi) is 9.98. The summed E-state index contributed by atoms with van der Waals surface area (Å²) in [5.41, 5.74) is -3.22. The van der Waals surface area contributed by atoms with Crippen LogP contribution in [-0.4, -0.2) is 62.8 Å². The Morgan fingerprint density at radius 1 is 1.02 bits per heavy atom. The van der Waals surface area contributed by atoms with E-state index in [-0.39, 0.29) is 27.8 Å².